The zero-order valence-electron chi connectivity index (χ0n) is 13.7. The monoisotopic (exact) mass is 294 g/mol. The number of rotatable bonds is 4. The molecule has 1 fully saturated rings. The third-order valence-corrected chi connectivity index (χ3v) is 4.55. The lowest BCUT2D eigenvalue weighted by Crippen LogP contribution is -2.22. The van der Waals surface area contributed by atoms with Crippen molar-refractivity contribution in [2.45, 2.75) is 52.0 Å². The number of anilines is 3. The summed E-state index contributed by atoms with van der Waals surface area (Å²) in [6.45, 7) is 4.37. The molecule has 3 rings (SSSR count). The molecule has 0 radical (unpaired) electrons. The van der Waals surface area contributed by atoms with Gasteiger partial charge in [-0.3, -0.25) is 0 Å². The molecule has 1 aliphatic carbocycles. The smallest absolute Gasteiger partial charge is 0.0445 e. The second-order valence-corrected chi connectivity index (χ2v) is 6.46. The molecule has 1 saturated carbocycles. The number of hydrogen-bond donors (Lipinski definition) is 2. The molecule has 0 bridgehead atoms. The molecule has 0 unspecified atom stereocenters. The van der Waals surface area contributed by atoms with Crippen molar-refractivity contribution < 1.29 is 0 Å². The van der Waals surface area contributed by atoms with Gasteiger partial charge in [-0.25, -0.2) is 0 Å². The average molecular weight is 294 g/mol. The van der Waals surface area contributed by atoms with Crippen LogP contribution in [0.25, 0.3) is 0 Å². The Labute approximate surface area is 134 Å². The first-order valence-electron chi connectivity index (χ1n) is 8.42. The lowest BCUT2D eigenvalue weighted by Gasteiger charge is -2.25. The van der Waals surface area contributed by atoms with Crippen LogP contribution in [-0.2, 0) is 0 Å². The highest BCUT2D eigenvalue weighted by Gasteiger charge is 2.14. The molecule has 116 valence electrons. The zero-order chi connectivity index (χ0) is 15.4. The number of nitrogens with one attached hydrogen (secondary N) is 2. The minimum Gasteiger partial charge on any atom is -0.382 e. The van der Waals surface area contributed by atoms with Gasteiger partial charge in [0.1, 0.15) is 0 Å². The summed E-state index contributed by atoms with van der Waals surface area (Å²) in [5.41, 5.74) is 6.21. The molecule has 0 amide bonds. The molecule has 0 spiro atoms. The van der Waals surface area contributed by atoms with Crippen molar-refractivity contribution in [2.75, 3.05) is 10.6 Å². The van der Waals surface area contributed by atoms with Crippen molar-refractivity contribution in [3.05, 3.63) is 53.6 Å². The summed E-state index contributed by atoms with van der Waals surface area (Å²) in [5, 5.41) is 7.27. The van der Waals surface area contributed by atoms with E-state index >= 15 is 0 Å². The Morgan fingerprint density at radius 3 is 2.09 bits per heavy atom. The van der Waals surface area contributed by atoms with Gasteiger partial charge in [0.15, 0.2) is 0 Å². The molecule has 2 aromatic rings. The molecule has 0 heterocycles. The number of hydrogen-bond acceptors (Lipinski definition) is 2. The van der Waals surface area contributed by atoms with Gasteiger partial charge in [-0.15, -0.1) is 0 Å². The Bertz CT molecular complexity index is 590. The first kappa shape index (κ1) is 15.0. The van der Waals surface area contributed by atoms with Crippen molar-refractivity contribution in [3.8, 4) is 0 Å². The third kappa shape index (κ3) is 3.62. The van der Waals surface area contributed by atoms with Crippen LogP contribution in [0, 0.1) is 13.8 Å². The molecule has 2 aromatic carbocycles. The van der Waals surface area contributed by atoms with Crippen LogP contribution < -0.4 is 10.6 Å². The van der Waals surface area contributed by atoms with Gasteiger partial charge in [0.2, 0.25) is 0 Å². The van der Waals surface area contributed by atoms with E-state index in [0.29, 0.717) is 6.04 Å². The standard InChI is InChI=1S/C20H26N2/c1-15-13-19(21-17-9-5-3-6-10-17)14-16(2)20(15)22-18-11-7-4-8-12-18/h4,7-8,11-14,17,21-22H,3,5-6,9-10H2,1-2H3. The van der Waals surface area contributed by atoms with Gasteiger partial charge in [-0.2, -0.15) is 0 Å². The zero-order valence-corrected chi connectivity index (χ0v) is 13.7. The van der Waals surface area contributed by atoms with E-state index in [-0.39, 0.29) is 0 Å². The van der Waals surface area contributed by atoms with Crippen molar-refractivity contribution in [2.24, 2.45) is 0 Å². The third-order valence-electron chi connectivity index (χ3n) is 4.55. The summed E-state index contributed by atoms with van der Waals surface area (Å²) in [5.74, 6) is 0. The molecule has 0 aromatic heterocycles. The van der Waals surface area contributed by atoms with E-state index in [1.807, 2.05) is 6.07 Å². The Morgan fingerprint density at radius 1 is 0.818 bits per heavy atom. The van der Waals surface area contributed by atoms with Gasteiger partial charge in [0.05, 0.1) is 0 Å². The van der Waals surface area contributed by atoms with Crippen molar-refractivity contribution in [1.29, 1.82) is 0 Å². The first-order valence-corrected chi connectivity index (χ1v) is 8.42. The predicted molar refractivity (Wildman–Crippen MR) is 96.1 cm³/mol. The minimum absolute atomic E-state index is 0.653. The van der Waals surface area contributed by atoms with Crippen LogP contribution in [0.4, 0.5) is 17.1 Å². The van der Waals surface area contributed by atoms with E-state index in [4.69, 9.17) is 0 Å². The number of aryl methyl sites for hydroxylation is 2. The highest BCUT2D eigenvalue weighted by Crippen LogP contribution is 2.29. The molecule has 0 atom stereocenters. The van der Waals surface area contributed by atoms with Gasteiger partial charge in [0.25, 0.3) is 0 Å². The van der Waals surface area contributed by atoms with Gasteiger partial charge in [-0.05, 0) is 62.1 Å². The van der Waals surface area contributed by atoms with Crippen LogP contribution in [0.2, 0.25) is 0 Å². The molecule has 1 aliphatic rings. The minimum atomic E-state index is 0.653. The fourth-order valence-corrected chi connectivity index (χ4v) is 3.39. The quantitative estimate of drug-likeness (QED) is 0.745. The van der Waals surface area contributed by atoms with E-state index < -0.39 is 0 Å². The van der Waals surface area contributed by atoms with Crippen LogP contribution in [0.15, 0.2) is 42.5 Å². The molecule has 2 heteroatoms. The topological polar surface area (TPSA) is 24.1 Å². The molecule has 2 nitrogen and oxygen atoms in total. The maximum atomic E-state index is 3.73. The highest BCUT2D eigenvalue weighted by molar-refractivity contribution is 5.70. The fourth-order valence-electron chi connectivity index (χ4n) is 3.39. The van der Waals surface area contributed by atoms with Crippen LogP contribution in [0.3, 0.4) is 0 Å². The summed E-state index contributed by atoms with van der Waals surface area (Å²) in [6.07, 6.45) is 6.74. The fraction of sp³-hybridized carbons (Fsp3) is 0.400. The van der Waals surface area contributed by atoms with E-state index in [9.17, 15) is 0 Å². The number of benzene rings is 2. The molecule has 2 N–H and O–H groups in total. The second kappa shape index (κ2) is 6.87. The summed E-state index contributed by atoms with van der Waals surface area (Å²) < 4.78 is 0. The molecular formula is C20H26N2. The van der Waals surface area contributed by atoms with E-state index in [2.05, 4.69) is 60.9 Å². The van der Waals surface area contributed by atoms with Crippen LogP contribution in [0.5, 0.6) is 0 Å². The average Bonchev–Trinajstić information content (AvgIpc) is 2.53. The Kier molecular flexibility index (Phi) is 4.67. The Morgan fingerprint density at radius 2 is 1.45 bits per heavy atom. The number of para-hydroxylation sites is 1. The van der Waals surface area contributed by atoms with Crippen molar-refractivity contribution in [1.82, 2.24) is 0 Å². The lowest BCUT2D eigenvalue weighted by molar-refractivity contribution is 0.463. The lowest BCUT2D eigenvalue weighted by atomic mass is 9.95. The normalized spacial score (nSPS) is 15.5. The van der Waals surface area contributed by atoms with E-state index in [0.717, 1.165) is 5.69 Å². The van der Waals surface area contributed by atoms with E-state index in [1.165, 1.54) is 54.6 Å². The van der Waals surface area contributed by atoms with Crippen LogP contribution >= 0.6 is 0 Å². The van der Waals surface area contributed by atoms with Gasteiger partial charge in [-0.1, -0.05) is 37.5 Å². The van der Waals surface area contributed by atoms with Crippen molar-refractivity contribution >= 4 is 17.1 Å². The molecule has 22 heavy (non-hydrogen) atoms. The highest BCUT2D eigenvalue weighted by atomic mass is 14.9. The summed E-state index contributed by atoms with van der Waals surface area (Å²) in [7, 11) is 0. The van der Waals surface area contributed by atoms with Crippen LogP contribution in [0.1, 0.15) is 43.2 Å². The van der Waals surface area contributed by atoms with E-state index in [1.54, 1.807) is 0 Å². The second-order valence-electron chi connectivity index (χ2n) is 6.46. The Hall–Kier alpha value is -1.96. The maximum absolute atomic E-state index is 3.73. The Balaban J connectivity index is 1.76. The SMILES string of the molecule is Cc1cc(NC2CCCCC2)cc(C)c1Nc1ccccc1. The molecular weight excluding hydrogens is 268 g/mol. The van der Waals surface area contributed by atoms with Crippen molar-refractivity contribution in [3.63, 3.8) is 0 Å². The summed E-state index contributed by atoms with van der Waals surface area (Å²) in [6, 6.07) is 15.6. The van der Waals surface area contributed by atoms with Gasteiger partial charge in [0, 0.05) is 23.1 Å². The summed E-state index contributed by atoms with van der Waals surface area (Å²) in [4.78, 5) is 0. The van der Waals surface area contributed by atoms with Gasteiger partial charge < -0.3 is 10.6 Å². The maximum Gasteiger partial charge on any atom is 0.0445 e. The largest absolute Gasteiger partial charge is 0.382 e. The molecule has 0 aliphatic heterocycles. The van der Waals surface area contributed by atoms with Crippen LogP contribution in [-0.4, -0.2) is 6.04 Å². The first-order chi connectivity index (χ1) is 10.7. The molecule has 0 saturated heterocycles. The van der Waals surface area contributed by atoms with Gasteiger partial charge >= 0.3 is 0 Å². The predicted octanol–water partition coefficient (Wildman–Crippen LogP) is 5.79. The summed E-state index contributed by atoms with van der Waals surface area (Å²) >= 11 is 0.